The van der Waals surface area contributed by atoms with Crippen LogP contribution in [0.15, 0.2) is 6.07 Å². The number of carbonyl (C=O) groups excluding carboxylic acids is 2. The first-order valence-corrected chi connectivity index (χ1v) is 9.24. The Morgan fingerprint density at radius 2 is 1.96 bits per heavy atom. The maximum Gasteiger partial charge on any atom is 0.272 e. The highest BCUT2D eigenvalue weighted by Gasteiger charge is 2.31. The Bertz CT molecular complexity index is 635. The van der Waals surface area contributed by atoms with E-state index in [1.165, 1.54) is 6.42 Å². The minimum Gasteiger partial charge on any atom is -0.348 e. The van der Waals surface area contributed by atoms with E-state index in [2.05, 4.69) is 34.7 Å². The van der Waals surface area contributed by atoms with Crippen LogP contribution in [0.2, 0.25) is 0 Å². The van der Waals surface area contributed by atoms with Crippen LogP contribution in [-0.4, -0.2) is 53.2 Å². The van der Waals surface area contributed by atoms with Crippen LogP contribution in [0.5, 0.6) is 0 Å². The molecule has 0 radical (unpaired) electrons. The van der Waals surface area contributed by atoms with Gasteiger partial charge in [-0.2, -0.15) is 5.10 Å². The van der Waals surface area contributed by atoms with Crippen molar-refractivity contribution in [1.29, 1.82) is 0 Å². The number of anilines is 1. The SMILES string of the molecule is CN(C)CC1CCCCC1NC(=O)c1cc(NC(=O)C2CC2)n(C)n1. The molecule has 2 atom stereocenters. The molecule has 7 heteroatoms. The van der Waals surface area contributed by atoms with Gasteiger partial charge in [0.25, 0.3) is 5.91 Å². The standard InChI is InChI=1S/C18H29N5O2/c1-22(2)11-13-6-4-5-7-14(13)19-18(25)15-10-16(23(3)21-15)20-17(24)12-8-9-12/h10,12-14H,4-9,11H2,1-3H3,(H,19,25)(H,20,24). The molecular formula is C18H29N5O2. The Balaban J connectivity index is 1.62. The second kappa shape index (κ2) is 7.56. The summed E-state index contributed by atoms with van der Waals surface area (Å²) in [6, 6.07) is 1.86. The van der Waals surface area contributed by atoms with E-state index < -0.39 is 0 Å². The van der Waals surface area contributed by atoms with Crippen molar-refractivity contribution >= 4 is 17.6 Å². The molecule has 3 rings (SSSR count). The van der Waals surface area contributed by atoms with Gasteiger partial charge in [0.05, 0.1) is 0 Å². The molecule has 0 aliphatic heterocycles. The summed E-state index contributed by atoms with van der Waals surface area (Å²) in [6.07, 6.45) is 6.44. The number of rotatable bonds is 6. The molecule has 1 aromatic rings. The van der Waals surface area contributed by atoms with Crippen molar-refractivity contribution in [3.05, 3.63) is 11.8 Å². The van der Waals surface area contributed by atoms with Gasteiger partial charge in [-0.1, -0.05) is 12.8 Å². The topological polar surface area (TPSA) is 79.3 Å². The van der Waals surface area contributed by atoms with Crippen LogP contribution in [0.1, 0.15) is 49.0 Å². The lowest BCUT2D eigenvalue weighted by molar-refractivity contribution is -0.117. The zero-order valence-electron chi connectivity index (χ0n) is 15.4. The number of carbonyl (C=O) groups is 2. The molecule has 2 N–H and O–H groups in total. The van der Waals surface area contributed by atoms with Gasteiger partial charge in [0.15, 0.2) is 5.69 Å². The van der Waals surface area contributed by atoms with Crippen LogP contribution in [-0.2, 0) is 11.8 Å². The first kappa shape index (κ1) is 17.9. The Morgan fingerprint density at radius 3 is 2.64 bits per heavy atom. The van der Waals surface area contributed by atoms with E-state index in [1.807, 2.05) is 0 Å². The van der Waals surface area contributed by atoms with E-state index in [4.69, 9.17) is 0 Å². The lowest BCUT2D eigenvalue weighted by Gasteiger charge is -2.33. The lowest BCUT2D eigenvalue weighted by Crippen LogP contribution is -2.45. The minimum absolute atomic E-state index is 0.0216. The summed E-state index contributed by atoms with van der Waals surface area (Å²) in [5.74, 6) is 1.05. The molecular weight excluding hydrogens is 318 g/mol. The fourth-order valence-electron chi connectivity index (χ4n) is 3.60. The number of nitrogens with zero attached hydrogens (tertiary/aromatic N) is 3. The van der Waals surface area contributed by atoms with Crippen molar-refractivity contribution in [3.63, 3.8) is 0 Å². The van der Waals surface area contributed by atoms with Crippen LogP contribution in [0.3, 0.4) is 0 Å². The molecule has 2 amide bonds. The van der Waals surface area contributed by atoms with Crippen LogP contribution in [0.25, 0.3) is 0 Å². The minimum atomic E-state index is -0.154. The number of hydrogen-bond donors (Lipinski definition) is 2. The number of hydrogen-bond acceptors (Lipinski definition) is 4. The average Bonchev–Trinajstić information content (AvgIpc) is 3.34. The van der Waals surface area contributed by atoms with Gasteiger partial charge in [-0.25, -0.2) is 0 Å². The zero-order valence-corrected chi connectivity index (χ0v) is 15.4. The van der Waals surface area contributed by atoms with Gasteiger partial charge in [0.2, 0.25) is 5.91 Å². The Morgan fingerprint density at radius 1 is 1.24 bits per heavy atom. The lowest BCUT2D eigenvalue weighted by atomic mass is 9.84. The van der Waals surface area contributed by atoms with Crippen LogP contribution < -0.4 is 10.6 Å². The van der Waals surface area contributed by atoms with E-state index in [0.29, 0.717) is 17.4 Å². The van der Waals surface area contributed by atoms with Crippen LogP contribution in [0.4, 0.5) is 5.82 Å². The molecule has 2 saturated carbocycles. The van der Waals surface area contributed by atoms with Gasteiger partial charge in [-0.15, -0.1) is 0 Å². The molecule has 7 nitrogen and oxygen atoms in total. The van der Waals surface area contributed by atoms with Crippen molar-refractivity contribution in [3.8, 4) is 0 Å². The molecule has 1 heterocycles. The van der Waals surface area contributed by atoms with Crippen molar-refractivity contribution in [1.82, 2.24) is 20.0 Å². The van der Waals surface area contributed by atoms with E-state index in [1.54, 1.807) is 17.8 Å². The largest absolute Gasteiger partial charge is 0.348 e. The molecule has 25 heavy (non-hydrogen) atoms. The number of aryl methyl sites for hydroxylation is 1. The second-order valence-electron chi connectivity index (χ2n) is 7.69. The summed E-state index contributed by atoms with van der Waals surface area (Å²) < 4.78 is 1.56. The van der Waals surface area contributed by atoms with Gasteiger partial charge in [0.1, 0.15) is 5.82 Å². The van der Waals surface area contributed by atoms with Gasteiger partial charge in [-0.05, 0) is 45.7 Å². The van der Waals surface area contributed by atoms with Crippen molar-refractivity contribution < 1.29 is 9.59 Å². The first-order chi connectivity index (χ1) is 11.9. The molecule has 0 saturated heterocycles. The van der Waals surface area contributed by atoms with E-state index >= 15 is 0 Å². The normalized spacial score (nSPS) is 23.5. The summed E-state index contributed by atoms with van der Waals surface area (Å²) in [6.45, 7) is 0.982. The van der Waals surface area contributed by atoms with Crippen molar-refractivity contribution in [2.45, 2.75) is 44.6 Å². The smallest absolute Gasteiger partial charge is 0.272 e. The maximum atomic E-state index is 12.6. The molecule has 0 spiro atoms. The number of aromatic nitrogens is 2. The van der Waals surface area contributed by atoms with Gasteiger partial charge in [-0.3, -0.25) is 14.3 Å². The predicted octanol–water partition coefficient (Wildman–Crippen LogP) is 1.62. The highest BCUT2D eigenvalue weighted by atomic mass is 16.2. The highest BCUT2D eigenvalue weighted by Crippen LogP contribution is 2.30. The van der Waals surface area contributed by atoms with Gasteiger partial charge >= 0.3 is 0 Å². The molecule has 2 fully saturated rings. The molecule has 0 aromatic carbocycles. The van der Waals surface area contributed by atoms with E-state index in [0.717, 1.165) is 38.6 Å². The average molecular weight is 347 g/mol. The number of nitrogens with one attached hydrogen (secondary N) is 2. The molecule has 138 valence electrons. The van der Waals surface area contributed by atoms with Gasteiger partial charge < -0.3 is 15.5 Å². The Labute approximate surface area is 149 Å². The maximum absolute atomic E-state index is 12.6. The van der Waals surface area contributed by atoms with Crippen LogP contribution in [0, 0.1) is 11.8 Å². The van der Waals surface area contributed by atoms with E-state index in [-0.39, 0.29) is 23.8 Å². The summed E-state index contributed by atoms with van der Waals surface area (Å²) in [4.78, 5) is 26.7. The predicted molar refractivity (Wildman–Crippen MR) is 96.3 cm³/mol. The highest BCUT2D eigenvalue weighted by molar-refractivity contribution is 5.96. The number of amides is 2. The molecule has 0 bridgehead atoms. The molecule has 2 aliphatic carbocycles. The zero-order chi connectivity index (χ0) is 18.0. The summed E-state index contributed by atoms with van der Waals surface area (Å²) in [5.41, 5.74) is 0.364. The molecule has 2 aliphatic rings. The third-order valence-electron chi connectivity index (χ3n) is 5.14. The summed E-state index contributed by atoms with van der Waals surface area (Å²) in [5, 5.41) is 10.3. The van der Waals surface area contributed by atoms with Crippen LogP contribution >= 0.6 is 0 Å². The van der Waals surface area contributed by atoms with Gasteiger partial charge in [0, 0.05) is 31.6 Å². The fraction of sp³-hybridized carbons (Fsp3) is 0.722. The van der Waals surface area contributed by atoms with Crippen molar-refractivity contribution in [2.24, 2.45) is 18.9 Å². The summed E-state index contributed by atoms with van der Waals surface area (Å²) in [7, 11) is 5.89. The first-order valence-electron chi connectivity index (χ1n) is 9.24. The fourth-order valence-corrected chi connectivity index (χ4v) is 3.60. The Kier molecular flexibility index (Phi) is 5.42. The van der Waals surface area contributed by atoms with E-state index in [9.17, 15) is 9.59 Å². The third-order valence-corrected chi connectivity index (χ3v) is 5.14. The quantitative estimate of drug-likeness (QED) is 0.819. The summed E-state index contributed by atoms with van der Waals surface area (Å²) >= 11 is 0. The second-order valence-corrected chi connectivity index (χ2v) is 7.69. The molecule has 2 unspecified atom stereocenters. The molecule has 1 aromatic heterocycles. The monoisotopic (exact) mass is 347 g/mol. The Hall–Kier alpha value is -1.89. The van der Waals surface area contributed by atoms with Crippen molar-refractivity contribution in [2.75, 3.05) is 26.0 Å². The third kappa shape index (κ3) is 4.60.